The van der Waals surface area contributed by atoms with Gasteiger partial charge in [-0.05, 0) is 40.8 Å². The lowest BCUT2D eigenvalue weighted by molar-refractivity contribution is 0.102. The first kappa shape index (κ1) is 14.8. The molecule has 1 N–H and O–H groups in total. The molecule has 0 aliphatic carbocycles. The molecule has 0 atom stereocenters. The van der Waals surface area contributed by atoms with Crippen molar-refractivity contribution in [1.29, 1.82) is 0 Å². The Kier molecular flexibility index (Phi) is 4.83. The number of hydrogen-bond donors (Lipinski definition) is 1. The van der Waals surface area contributed by atoms with Gasteiger partial charge in [0, 0.05) is 8.59 Å². The average Bonchev–Trinajstić information content (AvgIpc) is 2.38. The molecule has 0 aliphatic heterocycles. The molecule has 0 unspecified atom stereocenters. The van der Waals surface area contributed by atoms with E-state index in [9.17, 15) is 4.79 Å². The van der Waals surface area contributed by atoms with Crippen LogP contribution in [0.2, 0.25) is 15.2 Å². The number of nitrogens with one attached hydrogen (secondary N) is 1. The summed E-state index contributed by atoms with van der Waals surface area (Å²) in [4.78, 5) is 19.7. The van der Waals surface area contributed by atoms with E-state index in [-0.39, 0.29) is 21.9 Å². The van der Waals surface area contributed by atoms with Crippen LogP contribution in [0.5, 0.6) is 0 Å². The molecule has 2 aromatic rings. The van der Waals surface area contributed by atoms with E-state index < -0.39 is 0 Å². The Labute approximate surface area is 137 Å². The Balaban J connectivity index is 2.31. The lowest BCUT2D eigenvalue weighted by atomic mass is 10.2. The second-order valence-corrected chi connectivity index (χ2v) is 5.74. The summed E-state index contributed by atoms with van der Waals surface area (Å²) in [6, 6.07) is 5.01. The molecule has 0 saturated carbocycles. The zero-order valence-corrected chi connectivity index (χ0v) is 13.5. The lowest BCUT2D eigenvalue weighted by Gasteiger charge is -2.08. The van der Waals surface area contributed by atoms with Crippen molar-refractivity contribution in [3.63, 3.8) is 0 Å². The number of aromatic nitrogens is 2. The molecule has 1 amide bonds. The standard InChI is InChI=1S/C11H5Cl3IN3O/c12-5-1-2-7(15)6(3-5)11(19)18-10-8(13)9(14)16-4-17-10/h1-4H,(H,16,17,18,19). The van der Waals surface area contributed by atoms with E-state index >= 15 is 0 Å². The van der Waals surface area contributed by atoms with Gasteiger partial charge in [-0.15, -0.1) is 0 Å². The van der Waals surface area contributed by atoms with E-state index in [2.05, 4.69) is 15.3 Å². The fraction of sp³-hybridized carbons (Fsp3) is 0. The number of rotatable bonds is 2. The van der Waals surface area contributed by atoms with Crippen LogP contribution < -0.4 is 5.32 Å². The summed E-state index contributed by atoms with van der Waals surface area (Å²) in [6.45, 7) is 0. The molecule has 0 spiro atoms. The topological polar surface area (TPSA) is 54.9 Å². The van der Waals surface area contributed by atoms with Gasteiger partial charge in [0.15, 0.2) is 11.0 Å². The average molecular weight is 428 g/mol. The Morgan fingerprint density at radius 3 is 2.68 bits per heavy atom. The molecule has 8 heteroatoms. The summed E-state index contributed by atoms with van der Waals surface area (Å²) < 4.78 is 0.760. The second-order valence-electron chi connectivity index (χ2n) is 3.41. The van der Waals surface area contributed by atoms with Gasteiger partial charge in [-0.2, -0.15) is 0 Å². The summed E-state index contributed by atoms with van der Waals surface area (Å²) in [7, 11) is 0. The van der Waals surface area contributed by atoms with Gasteiger partial charge in [0.1, 0.15) is 11.3 Å². The highest BCUT2D eigenvalue weighted by molar-refractivity contribution is 14.1. The molecule has 0 aliphatic rings. The first-order valence-corrected chi connectivity index (χ1v) is 7.12. The maximum atomic E-state index is 12.1. The number of halogens is 4. The van der Waals surface area contributed by atoms with Gasteiger partial charge in [-0.25, -0.2) is 9.97 Å². The van der Waals surface area contributed by atoms with Crippen molar-refractivity contribution in [2.24, 2.45) is 0 Å². The predicted octanol–water partition coefficient (Wildman–Crippen LogP) is 4.29. The zero-order chi connectivity index (χ0) is 14.0. The maximum Gasteiger partial charge on any atom is 0.257 e. The van der Waals surface area contributed by atoms with Crippen molar-refractivity contribution in [2.75, 3.05) is 5.32 Å². The van der Waals surface area contributed by atoms with E-state index in [0.29, 0.717) is 10.6 Å². The van der Waals surface area contributed by atoms with Crippen LogP contribution in [0.1, 0.15) is 10.4 Å². The van der Waals surface area contributed by atoms with Gasteiger partial charge in [0.05, 0.1) is 5.56 Å². The normalized spacial score (nSPS) is 10.3. The molecule has 1 aromatic carbocycles. The summed E-state index contributed by atoms with van der Waals surface area (Å²) in [6.07, 6.45) is 1.22. The minimum Gasteiger partial charge on any atom is -0.305 e. The number of anilines is 1. The zero-order valence-electron chi connectivity index (χ0n) is 9.12. The van der Waals surface area contributed by atoms with Crippen LogP contribution in [0, 0.1) is 3.57 Å². The molecule has 0 saturated heterocycles. The Bertz CT molecular complexity index is 651. The smallest absolute Gasteiger partial charge is 0.257 e. The van der Waals surface area contributed by atoms with Crippen LogP contribution >= 0.6 is 57.4 Å². The van der Waals surface area contributed by atoms with Gasteiger partial charge in [-0.1, -0.05) is 34.8 Å². The highest BCUT2D eigenvalue weighted by Crippen LogP contribution is 2.26. The molecule has 1 heterocycles. The molecule has 4 nitrogen and oxygen atoms in total. The SMILES string of the molecule is O=C(Nc1ncnc(Cl)c1Cl)c1cc(Cl)ccc1I. The molecule has 0 fully saturated rings. The quantitative estimate of drug-likeness (QED) is 0.574. The molecule has 98 valence electrons. The summed E-state index contributed by atoms with van der Waals surface area (Å²) in [5, 5.41) is 3.20. The number of carbonyl (C=O) groups excluding carboxylic acids is 1. The van der Waals surface area contributed by atoms with Crippen molar-refractivity contribution in [2.45, 2.75) is 0 Å². The first-order valence-electron chi connectivity index (χ1n) is 4.91. The van der Waals surface area contributed by atoms with Gasteiger partial charge in [0.2, 0.25) is 0 Å². The van der Waals surface area contributed by atoms with Gasteiger partial charge in [0.25, 0.3) is 5.91 Å². The fourth-order valence-corrected chi connectivity index (χ4v) is 2.31. The van der Waals surface area contributed by atoms with Crippen molar-refractivity contribution in [1.82, 2.24) is 9.97 Å². The van der Waals surface area contributed by atoms with E-state index in [0.717, 1.165) is 3.57 Å². The lowest BCUT2D eigenvalue weighted by Crippen LogP contribution is -2.15. The van der Waals surface area contributed by atoms with Crippen LogP contribution in [-0.4, -0.2) is 15.9 Å². The number of benzene rings is 1. The van der Waals surface area contributed by atoms with Crippen LogP contribution in [0.3, 0.4) is 0 Å². The van der Waals surface area contributed by atoms with Gasteiger partial charge < -0.3 is 5.32 Å². The minimum atomic E-state index is -0.372. The van der Waals surface area contributed by atoms with Crippen molar-refractivity contribution in [3.8, 4) is 0 Å². The van der Waals surface area contributed by atoms with E-state index in [1.165, 1.54) is 6.33 Å². The molecule has 2 rings (SSSR count). The molecule has 0 radical (unpaired) electrons. The Morgan fingerprint density at radius 1 is 1.21 bits per heavy atom. The highest BCUT2D eigenvalue weighted by atomic mass is 127. The Hall–Kier alpha value is -0.630. The van der Waals surface area contributed by atoms with Crippen molar-refractivity contribution >= 4 is 69.1 Å². The molecular formula is C11H5Cl3IN3O. The third-order valence-corrected chi connectivity index (χ3v) is 4.07. The van der Waals surface area contributed by atoms with E-state index in [1.54, 1.807) is 18.2 Å². The number of nitrogens with zero attached hydrogens (tertiary/aromatic N) is 2. The van der Waals surface area contributed by atoms with Crippen molar-refractivity contribution < 1.29 is 4.79 Å². The molecular weight excluding hydrogens is 423 g/mol. The van der Waals surface area contributed by atoms with Crippen LogP contribution in [0.15, 0.2) is 24.5 Å². The van der Waals surface area contributed by atoms with E-state index in [1.807, 2.05) is 22.6 Å². The Morgan fingerprint density at radius 2 is 1.95 bits per heavy atom. The second kappa shape index (κ2) is 6.21. The summed E-state index contributed by atoms with van der Waals surface area (Å²) >= 11 is 19.5. The summed E-state index contributed by atoms with van der Waals surface area (Å²) in [5.41, 5.74) is 0.430. The van der Waals surface area contributed by atoms with Gasteiger partial charge in [-0.3, -0.25) is 4.79 Å². The number of hydrogen-bond acceptors (Lipinski definition) is 3. The highest BCUT2D eigenvalue weighted by Gasteiger charge is 2.14. The minimum absolute atomic E-state index is 0.0766. The molecule has 0 bridgehead atoms. The van der Waals surface area contributed by atoms with Gasteiger partial charge >= 0.3 is 0 Å². The third kappa shape index (κ3) is 3.47. The maximum absolute atomic E-state index is 12.1. The number of amides is 1. The fourth-order valence-electron chi connectivity index (χ4n) is 1.28. The predicted molar refractivity (Wildman–Crippen MR) is 84.2 cm³/mol. The largest absolute Gasteiger partial charge is 0.305 e. The first-order chi connectivity index (χ1) is 8.99. The molecule has 1 aromatic heterocycles. The van der Waals surface area contributed by atoms with E-state index in [4.69, 9.17) is 34.8 Å². The monoisotopic (exact) mass is 427 g/mol. The van der Waals surface area contributed by atoms with Crippen LogP contribution in [0.4, 0.5) is 5.82 Å². The molecule has 19 heavy (non-hydrogen) atoms. The third-order valence-electron chi connectivity index (χ3n) is 2.15. The van der Waals surface area contributed by atoms with Crippen LogP contribution in [-0.2, 0) is 0 Å². The van der Waals surface area contributed by atoms with Crippen LogP contribution in [0.25, 0.3) is 0 Å². The van der Waals surface area contributed by atoms with Crippen molar-refractivity contribution in [3.05, 3.63) is 48.9 Å². The number of carbonyl (C=O) groups is 1. The summed E-state index contributed by atoms with van der Waals surface area (Å²) in [5.74, 6) is -0.217.